The van der Waals surface area contributed by atoms with Crippen molar-refractivity contribution >= 4 is 11.8 Å². The smallest absolute Gasteiger partial charge is 0.341 e. The van der Waals surface area contributed by atoms with Crippen molar-refractivity contribution in [1.29, 1.82) is 0 Å². The number of nitrogens with zero attached hydrogens (tertiary/aromatic N) is 2. The van der Waals surface area contributed by atoms with Gasteiger partial charge in [0.15, 0.2) is 0 Å². The third-order valence-electron chi connectivity index (χ3n) is 2.78. The Hall–Kier alpha value is -1.56. The Morgan fingerprint density at radius 1 is 1.61 bits per heavy atom. The monoisotopic (exact) mass is 255 g/mol. The number of aromatic nitrogens is 2. The lowest BCUT2D eigenvalue weighted by atomic mass is 10.1. The maximum Gasteiger partial charge on any atom is 0.341 e. The Morgan fingerprint density at radius 3 is 2.78 bits per heavy atom. The van der Waals surface area contributed by atoms with Gasteiger partial charge in [0.2, 0.25) is 0 Å². The normalized spacial score (nSPS) is 12.4. The topological polar surface area (TPSA) is 76.4 Å². The van der Waals surface area contributed by atoms with E-state index in [9.17, 15) is 9.90 Å². The molecular formula is C12H21N3O3. The summed E-state index contributed by atoms with van der Waals surface area (Å²) in [6, 6.07) is 0.0906. The van der Waals surface area contributed by atoms with Crippen molar-refractivity contribution in [3.05, 3.63) is 11.3 Å². The van der Waals surface area contributed by atoms with Crippen molar-refractivity contribution in [2.75, 3.05) is 19.0 Å². The molecule has 0 aliphatic heterocycles. The number of aryl methyl sites for hydroxylation is 2. The minimum Gasteiger partial charge on any atom is -0.477 e. The number of anilines is 1. The van der Waals surface area contributed by atoms with Crippen LogP contribution in [0.3, 0.4) is 0 Å². The molecule has 102 valence electrons. The van der Waals surface area contributed by atoms with Gasteiger partial charge in [0.25, 0.3) is 0 Å². The van der Waals surface area contributed by atoms with Crippen LogP contribution in [0.1, 0.15) is 35.8 Å². The summed E-state index contributed by atoms with van der Waals surface area (Å²) in [5, 5.41) is 16.6. The first kappa shape index (κ1) is 14.5. The van der Waals surface area contributed by atoms with Crippen molar-refractivity contribution < 1.29 is 14.6 Å². The molecule has 0 amide bonds. The van der Waals surface area contributed by atoms with Crippen LogP contribution in [0.2, 0.25) is 0 Å². The molecule has 1 aromatic rings. The third-order valence-corrected chi connectivity index (χ3v) is 2.78. The van der Waals surface area contributed by atoms with E-state index in [4.69, 9.17) is 4.74 Å². The largest absolute Gasteiger partial charge is 0.477 e. The zero-order chi connectivity index (χ0) is 13.7. The van der Waals surface area contributed by atoms with Gasteiger partial charge in [-0.2, -0.15) is 5.10 Å². The second-order valence-corrected chi connectivity index (χ2v) is 4.32. The Labute approximate surface area is 107 Å². The summed E-state index contributed by atoms with van der Waals surface area (Å²) in [5.74, 6) is -0.425. The van der Waals surface area contributed by atoms with Crippen molar-refractivity contribution in [2.45, 2.75) is 32.7 Å². The molecule has 1 heterocycles. The van der Waals surface area contributed by atoms with Crippen LogP contribution in [-0.4, -0.2) is 40.6 Å². The van der Waals surface area contributed by atoms with Gasteiger partial charge in [0.1, 0.15) is 11.4 Å². The molecule has 6 nitrogen and oxygen atoms in total. The molecule has 0 spiro atoms. The SMILES string of the molecule is CCCC(COC)Nc1c(C(=O)O)c(C)nn1C. The number of carboxylic acid groups (broad SMARTS) is 1. The van der Waals surface area contributed by atoms with Gasteiger partial charge in [-0.3, -0.25) is 4.68 Å². The Morgan fingerprint density at radius 2 is 2.28 bits per heavy atom. The molecular weight excluding hydrogens is 234 g/mol. The Kier molecular flexibility index (Phi) is 5.15. The number of ether oxygens (including phenoxy) is 1. The average molecular weight is 255 g/mol. The van der Waals surface area contributed by atoms with Crippen molar-refractivity contribution in [1.82, 2.24) is 9.78 Å². The van der Waals surface area contributed by atoms with E-state index in [0.717, 1.165) is 12.8 Å². The Bertz CT molecular complexity index is 409. The summed E-state index contributed by atoms with van der Waals surface area (Å²) < 4.78 is 6.70. The summed E-state index contributed by atoms with van der Waals surface area (Å²) in [4.78, 5) is 11.2. The molecule has 0 aromatic carbocycles. The van der Waals surface area contributed by atoms with Gasteiger partial charge in [-0.05, 0) is 13.3 Å². The predicted octanol–water partition coefficient (Wildman–Crippen LogP) is 1.65. The molecule has 0 aliphatic carbocycles. The molecule has 0 radical (unpaired) electrons. The van der Waals surface area contributed by atoms with Crippen LogP contribution in [-0.2, 0) is 11.8 Å². The molecule has 6 heteroatoms. The lowest BCUT2D eigenvalue weighted by molar-refractivity contribution is 0.0697. The first-order valence-electron chi connectivity index (χ1n) is 6.03. The molecule has 0 fully saturated rings. The van der Waals surface area contributed by atoms with E-state index >= 15 is 0 Å². The molecule has 1 aromatic heterocycles. The first-order chi connectivity index (χ1) is 8.51. The molecule has 0 aliphatic rings. The third kappa shape index (κ3) is 3.22. The van der Waals surface area contributed by atoms with E-state index in [1.54, 1.807) is 25.8 Å². The molecule has 1 atom stereocenters. The number of carboxylic acids is 1. The minimum absolute atomic E-state index is 0.0906. The minimum atomic E-state index is -0.962. The average Bonchev–Trinajstić information content (AvgIpc) is 2.54. The highest BCUT2D eigenvalue weighted by Gasteiger charge is 2.21. The number of nitrogens with one attached hydrogen (secondary N) is 1. The van der Waals surface area contributed by atoms with Gasteiger partial charge in [0, 0.05) is 14.2 Å². The van der Waals surface area contributed by atoms with Crippen LogP contribution < -0.4 is 5.32 Å². The molecule has 0 saturated carbocycles. The van der Waals surface area contributed by atoms with Crippen LogP contribution in [0.25, 0.3) is 0 Å². The molecule has 1 rings (SSSR count). The molecule has 18 heavy (non-hydrogen) atoms. The fourth-order valence-electron chi connectivity index (χ4n) is 2.02. The second kappa shape index (κ2) is 6.39. The Balaban J connectivity index is 2.97. The summed E-state index contributed by atoms with van der Waals surface area (Å²) in [5.41, 5.74) is 0.745. The number of aromatic carboxylic acids is 1. The zero-order valence-electron chi connectivity index (χ0n) is 11.4. The van der Waals surface area contributed by atoms with Gasteiger partial charge in [-0.25, -0.2) is 4.79 Å². The lowest BCUT2D eigenvalue weighted by Crippen LogP contribution is -2.27. The van der Waals surface area contributed by atoms with Gasteiger partial charge >= 0.3 is 5.97 Å². The molecule has 0 bridgehead atoms. The maximum atomic E-state index is 11.2. The van der Waals surface area contributed by atoms with E-state index < -0.39 is 5.97 Å². The lowest BCUT2D eigenvalue weighted by Gasteiger charge is -2.18. The number of hydrogen-bond acceptors (Lipinski definition) is 4. The van der Waals surface area contributed by atoms with E-state index in [1.165, 1.54) is 0 Å². The highest BCUT2D eigenvalue weighted by molar-refractivity contribution is 5.94. The number of methoxy groups -OCH3 is 1. The summed E-state index contributed by atoms with van der Waals surface area (Å²) in [7, 11) is 3.37. The summed E-state index contributed by atoms with van der Waals surface area (Å²) in [6.07, 6.45) is 1.91. The summed E-state index contributed by atoms with van der Waals surface area (Å²) >= 11 is 0. The van der Waals surface area contributed by atoms with E-state index in [2.05, 4.69) is 17.3 Å². The fraction of sp³-hybridized carbons (Fsp3) is 0.667. The molecule has 0 saturated heterocycles. The summed E-state index contributed by atoms with van der Waals surface area (Å²) in [6.45, 7) is 4.31. The number of carbonyl (C=O) groups is 1. The van der Waals surface area contributed by atoms with Crippen molar-refractivity contribution in [2.24, 2.45) is 7.05 Å². The molecule has 1 unspecified atom stereocenters. The maximum absolute atomic E-state index is 11.2. The number of hydrogen-bond donors (Lipinski definition) is 2. The van der Waals surface area contributed by atoms with Crippen molar-refractivity contribution in [3.63, 3.8) is 0 Å². The highest BCUT2D eigenvalue weighted by Crippen LogP contribution is 2.20. The van der Waals surface area contributed by atoms with Gasteiger partial charge in [-0.15, -0.1) is 0 Å². The van der Waals surface area contributed by atoms with Crippen LogP contribution in [0.5, 0.6) is 0 Å². The van der Waals surface area contributed by atoms with Gasteiger partial charge in [-0.1, -0.05) is 13.3 Å². The highest BCUT2D eigenvalue weighted by atomic mass is 16.5. The van der Waals surface area contributed by atoms with Crippen LogP contribution >= 0.6 is 0 Å². The quantitative estimate of drug-likeness (QED) is 0.774. The van der Waals surface area contributed by atoms with E-state index in [1.807, 2.05) is 0 Å². The first-order valence-corrected chi connectivity index (χ1v) is 6.03. The van der Waals surface area contributed by atoms with Crippen LogP contribution in [0, 0.1) is 6.92 Å². The van der Waals surface area contributed by atoms with E-state index in [-0.39, 0.29) is 11.6 Å². The number of rotatable bonds is 7. The van der Waals surface area contributed by atoms with E-state index in [0.29, 0.717) is 18.1 Å². The van der Waals surface area contributed by atoms with Gasteiger partial charge < -0.3 is 15.2 Å². The zero-order valence-corrected chi connectivity index (χ0v) is 11.4. The van der Waals surface area contributed by atoms with Crippen LogP contribution in [0.4, 0.5) is 5.82 Å². The second-order valence-electron chi connectivity index (χ2n) is 4.32. The predicted molar refractivity (Wildman–Crippen MR) is 69.1 cm³/mol. The standard InChI is InChI=1S/C12H21N3O3/c1-5-6-9(7-18-4)13-11-10(12(16)17)8(2)14-15(11)3/h9,13H,5-7H2,1-4H3,(H,16,17). The fourth-order valence-corrected chi connectivity index (χ4v) is 2.02. The van der Waals surface area contributed by atoms with Crippen molar-refractivity contribution in [3.8, 4) is 0 Å². The van der Waals surface area contributed by atoms with Crippen LogP contribution in [0.15, 0.2) is 0 Å². The van der Waals surface area contributed by atoms with Gasteiger partial charge in [0.05, 0.1) is 18.3 Å². The molecule has 2 N–H and O–H groups in total.